The van der Waals surface area contributed by atoms with Crippen molar-refractivity contribution in [2.24, 2.45) is 0 Å². The second-order valence-electron chi connectivity index (χ2n) is 9.64. The van der Waals surface area contributed by atoms with Gasteiger partial charge in [0.05, 0.1) is 0 Å². The van der Waals surface area contributed by atoms with Crippen LogP contribution in [0.2, 0.25) is 0 Å². The number of benzene rings is 3. The lowest BCUT2D eigenvalue weighted by Gasteiger charge is -2.29. The summed E-state index contributed by atoms with van der Waals surface area (Å²) in [6.45, 7) is 5.65. The van der Waals surface area contributed by atoms with Gasteiger partial charge in [-0.05, 0) is 47.7 Å². The molecule has 184 valence electrons. The fourth-order valence-electron chi connectivity index (χ4n) is 5.26. The number of aromatic nitrogens is 3. The van der Waals surface area contributed by atoms with Crippen molar-refractivity contribution in [2.75, 3.05) is 18.0 Å². The van der Waals surface area contributed by atoms with E-state index in [1.165, 1.54) is 11.1 Å². The third-order valence-electron chi connectivity index (χ3n) is 7.37. The van der Waals surface area contributed by atoms with Crippen molar-refractivity contribution in [3.63, 3.8) is 0 Å². The Morgan fingerprint density at radius 2 is 1.73 bits per heavy atom. The normalized spacial score (nSPS) is 15.1. The zero-order valence-corrected chi connectivity index (χ0v) is 20.9. The van der Waals surface area contributed by atoms with Crippen molar-refractivity contribution >= 4 is 16.7 Å². The molecule has 0 saturated carbocycles. The molecule has 5 aromatic rings. The number of hydrogen-bond donors (Lipinski definition) is 0. The van der Waals surface area contributed by atoms with Crippen molar-refractivity contribution in [1.29, 1.82) is 5.26 Å². The van der Waals surface area contributed by atoms with E-state index >= 15 is 0 Å². The predicted molar refractivity (Wildman–Crippen MR) is 141 cm³/mol. The lowest BCUT2D eigenvalue weighted by molar-refractivity contribution is 0.324. The van der Waals surface area contributed by atoms with Crippen LogP contribution in [0.5, 0.6) is 0 Å². The van der Waals surface area contributed by atoms with Crippen LogP contribution < -0.4 is 4.90 Å². The molecular formula is C30H27N5O2. The number of aryl methyl sites for hydroxylation is 1. The Morgan fingerprint density at radius 3 is 2.54 bits per heavy atom. The maximum absolute atomic E-state index is 9.79. The van der Waals surface area contributed by atoms with Gasteiger partial charge in [-0.15, -0.1) is 0 Å². The zero-order chi connectivity index (χ0) is 25.4. The van der Waals surface area contributed by atoms with Crippen LogP contribution in [0.1, 0.15) is 60.1 Å². The van der Waals surface area contributed by atoms with Gasteiger partial charge >= 0.3 is 0 Å². The minimum absolute atomic E-state index is 0.0682. The smallest absolute Gasteiger partial charge is 0.235 e. The van der Waals surface area contributed by atoms with E-state index in [4.69, 9.17) is 13.9 Å². The molecule has 0 amide bonds. The van der Waals surface area contributed by atoms with Crippen molar-refractivity contribution in [2.45, 2.75) is 38.5 Å². The monoisotopic (exact) mass is 489 g/mol. The second-order valence-corrected chi connectivity index (χ2v) is 9.64. The number of piperidine rings is 1. The van der Waals surface area contributed by atoms with Crippen LogP contribution in [0.4, 0.5) is 5.88 Å². The van der Waals surface area contributed by atoms with Crippen molar-refractivity contribution in [3.8, 4) is 17.5 Å². The molecule has 0 aliphatic carbocycles. The molecular weight excluding hydrogens is 462 g/mol. The summed E-state index contributed by atoms with van der Waals surface area (Å²) in [5, 5.41) is 16.2. The summed E-state index contributed by atoms with van der Waals surface area (Å²) in [5.74, 6) is 2.64. The van der Waals surface area contributed by atoms with Crippen LogP contribution >= 0.6 is 0 Å². The molecule has 1 aliphatic heterocycles. The van der Waals surface area contributed by atoms with Gasteiger partial charge in [0.1, 0.15) is 6.07 Å². The van der Waals surface area contributed by atoms with Gasteiger partial charge in [0.25, 0.3) is 0 Å². The molecule has 1 fully saturated rings. The standard InChI is InChI=1S/C30H27N5O2/c1-19-8-3-5-11-23(19)20(2)27-33-28(37-34-27)22-14-16-35(17-15-22)30-26(18-31)32-29(36-30)25-13-7-10-21-9-4-6-12-24(21)25/h3-13,20,22H,14-17H2,1-2H3/t20-/m1/s1. The largest absolute Gasteiger partial charge is 0.419 e. The molecule has 0 radical (unpaired) electrons. The first kappa shape index (κ1) is 23.0. The number of anilines is 1. The number of nitrogens with zero attached hydrogens (tertiary/aromatic N) is 5. The maximum atomic E-state index is 9.79. The van der Waals surface area contributed by atoms with E-state index in [9.17, 15) is 5.26 Å². The maximum Gasteiger partial charge on any atom is 0.235 e. The molecule has 0 unspecified atom stereocenters. The molecule has 7 nitrogen and oxygen atoms in total. The van der Waals surface area contributed by atoms with Gasteiger partial charge in [-0.1, -0.05) is 72.7 Å². The third kappa shape index (κ3) is 4.25. The van der Waals surface area contributed by atoms with Crippen LogP contribution in [0.15, 0.2) is 75.7 Å². The molecule has 0 N–H and O–H groups in total. The molecule has 1 saturated heterocycles. The lowest BCUT2D eigenvalue weighted by Crippen LogP contribution is -2.33. The molecule has 37 heavy (non-hydrogen) atoms. The highest BCUT2D eigenvalue weighted by molar-refractivity contribution is 5.94. The number of hydrogen-bond acceptors (Lipinski definition) is 7. The summed E-state index contributed by atoms with van der Waals surface area (Å²) in [7, 11) is 0. The van der Waals surface area contributed by atoms with Gasteiger partial charge < -0.3 is 13.8 Å². The molecule has 6 rings (SSSR count). The molecule has 0 bridgehead atoms. The highest BCUT2D eigenvalue weighted by Gasteiger charge is 2.30. The highest BCUT2D eigenvalue weighted by atomic mass is 16.5. The minimum atomic E-state index is 0.0682. The van der Waals surface area contributed by atoms with Crippen LogP contribution in [-0.2, 0) is 0 Å². The predicted octanol–water partition coefficient (Wildman–Crippen LogP) is 6.59. The van der Waals surface area contributed by atoms with E-state index in [2.05, 4.69) is 59.2 Å². The van der Waals surface area contributed by atoms with Crippen LogP contribution in [-0.4, -0.2) is 28.2 Å². The van der Waals surface area contributed by atoms with E-state index in [1.807, 2.05) is 42.5 Å². The van der Waals surface area contributed by atoms with E-state index in [-0.39, 0.29) is 11.8 Å². The molecule has 1 aliphatic rings. The number of oxazole rings is 1. The highest BCUT2D eigenvalue weighted by Crippen LogP contribution is 2.36. The van der Waals surface area contributed by atoms with Crippen LogP contribution in [0.3, 0.4) is 0 Å². The quantitative estimate of drug-likeness (QED) is 0.275. The van der Waals surface area contributed by atoms with E-state index in [1.54, 1.807) is 0 Å². The second kappa shape index (κ2) is 9.55. The summed E-state index contributed by atoms with van der Waals surface area (Å²) in [5.41, 5.74) is 3.63. The van der Waals surface area contributed by atoms with Crippen molar-refractivity contribution in [1.82, 2.24) is 15.1 Å². The molecule has 3 heterocycles. The van der Waals surface area contributed by atoms with Crippen molar-refractivity contribution < 1.29 is 8.94 Å². The topological polar surface area (TPSA) is 92.0 Å². The SMILES string of the molecule is Cc1ccccc1[C@@H](C)c1noc(C2CCN(c3oc(-c4cccc5ccccc45)nc3C#N)CC2)n1. The molecule has 1 atom stereocenters. The number of rotatable bonds is 5. The number of nitriles is 1. The molecule has 3 aromatic carbocycles. The minimum Gasteiger partial charge on any atom is -0.419 e. The van der Waals surface area contributed by atoms with Crippen LogP contribution in [0, 0.1) is 18.3 Å². The Kier molecular flexibility index (Phi) is 5.93. The van der Waals surface area contributed by atoms with Gasteiger partial charge in [-0.2, -0.15) is 15.2 Å². The van der Waals surface area contributed by atoms with E-state index in [0.717, 1.165) is 29.2 Å². The fourth-order valence-corrected chi connectivity index (χ4v) is 5.26. The first-order valence-corrected chi connectivity index (χ1v) is 12.7. The summed E-state index contributed by atoms with van der Waals surface area (Å²) < 4.78 is 11.9. The molecule has 7 heteroatoms. The summed E-state index contributed by atoms with van der Waals surface area (Å²) in [4.78, 5) is 11.4. The van der Waals surface area contributed by atoms with Gasteiger partial charge in [-0.3, -0.25) is 0 Å². The Labute approximate surface area is 215 Å². The van der Waals surface area contributed by atoms with E-state index in [0.29, 0.717) is 42.3 Å². The molecule has 0 spiro atoms. The average Bonchev–Trinajstić information content (AvgIpc) is 3.61. The lowest BCUT2D eigenvalue weighted by atomic mass is 9.95. The van der Waals surface area contributed by atoms with E-state index < -0.39 is 0 Å². The van der Waals surface area contributed by atoms with Crippen LogP contribution in [0.25, 0.3) is 22.2 Å². The average molecular weight is 490 g/mol. The summed E-state index contributed by atoms with van der Waals surface area (Å²) in [6, 6.07) is 24.7. The Hall–Kier alpha value is -4.44. The first-order chi connectivity index (χ1) is 18.1. The first-order valence-electron chi connectivity index (χ1n) is 12.7. The summed E-state index contributed by atoms with van der Waals surface area (Å²) in [6.07, 6.45) is 1.66. The Balaban J connectivity index is 1.19. The van der Waals surface area contributed by atoms with Gasteiger partial charge in [0, 0.05) is 30.5 Å². The Morgan fingerprint density at radius 1 is 0.973 bits per heavy atom. The Bertz CT molecular complexity index is 1600. The van der Waals surface area contributed by atoms with Gasteiger partial charge in [0.15, 0.2) is 5.82 Å². The zero-order valence-electron chi connectivity index (χ0n) is 20.9. The molecule has 2 aromatic heterocycles. The fraction of sp³-hybridized carbons (Fsp3) is 0.267. The third-order valence-corrected chi connectivity index (χ3v) is 7.37. The van der Waals surface area contributed by atoms with Gasteiger partial charge in [0.2, 0.25) is 23.4 Å². The van der Waals surface area contributed by atoms with Gasteiger partial charge in [-0.25, -0.2) is 0 Å². The summed E-state index contributed by atoms with van der Waals surface area (Å²) >= 11 is 0. The number of fused-ring (bicyclic) bond motifs is 1. The van der Waals surface area contributed by atoms with Crippen molar-refractivity contribution in [3.05, 3.63) is 95.3 Å².